The van der Waals surface area contributed by atoms with E-state index in [0.29, 0.717) is 12.5 Å². The van der Waals surface area contributed by atoms with Gasteiger partial charge >= 0.3 is 0 Å². The molecule has 0 amide bonds. The largest absolute Gasteiger partial charge is 0.396 e. The SMILES string of the molecule is CC(C)(C)NCc1ccc(Br)cc1N1CCC(CO)C1. The van der Waals surface area contributed by atoms with Gasteiger partial charge in [0.25, 0.3) is 0 Å². The van der Waals surface area contributed by atoms with Crippen LogP contribution in [0.25, 0.3) is 0 Å². The Morgan fingerprint density at radius 2 is 2.15 bits per heavy atom. The summed E-state index contributed by atoms with van der Waals surface area (Å²) >= 11 is 3.57. The summed E-state index contributed by atoms with van der Waals surface area (Å²) in [5.41, 5.74) is 2.72. The molecule has 1 atom stereocenters. The predicted molar refractivity (Wildman–Crippen MR) is 88.1 cm³/mol. The zero-order chi connectivity index (χ0) is 14.8. The quantitative estimate of drug-likeness (QED) is 0.883. The summed E-state index contributed by atoms with van der Waals surface area (Å²) in [5, 5.41) is 12.9. The topological polar surface area (TPSA) is 35.5 Å². The maximum atomic E-state index is 9.32. The highest BCUT2D eigenvalue weighted by Gasteiger charge is 2.24. The van der Waals surface area contributed by atoms with Gasteiger partial charge < -0.3 is 15.3 Å². The standard InChI is InChI=1S/C16H25BrN2O/c1-16(2,3)18-9-13-4-5-14(17)8-15(13)19-7-6-12(10-19)11-20/h4-5,8,12,18,20H,6-7,9-11H2,1-3H3. The molecule has 0 radical (unpaired) electrons. The number of halogens is 1. The number of nitrogens with zero attached hydrogens (tertiary/aromatic N) is 1. The molecule has 0 saturated carbocycles. The fourth-order valence-electron chi connectivity index (χ4n) is 2.54. The third kappa shape index (κ3) is 4.21. The molecule has 0 spiro atoms. The molecule has 1 fully saturated rings. The summed E-state index contributed by atoms with van der Waals surface area (Å²) in [6, 6.07) is 6.48. The van der Waals surface area contributed by atoms with Gasteiger partial charge in [-0.15, -0.1) is 0 Å². The minimum atomic E-state index is 0.114. The van der Waals surface area contributed by atoms with Crippen LogP contribution in [0.5, 0.6) is 0 Å². The van der Waals surface area contributed by atoms with Crippen LogP contribution in [0.1, 0.15) is 32.8 Å². The van der Waals surface area contributed by atoms with Gasteiger partial charge in [0.2, 0.25) is 0 Å². The fourth-order valence-corrected chi connectivity index (χ4v) is 2.89. The molecule has 1 aromatic carbocycles. The lowest BCUT2D eigenvalue weighted by Crippen LogP contribution is -2.35. The van der Waals surface area contributed by atoms with Gasteiger partial charge in [-0.05, 0) is 44.9 Å². The fraction of sp³-hybridized carbons (Fsp3) is 0.625. The Kier molecular flexibility index (Phi) is 5.10. The van der Waals surface area contributed by atoms with Gasteiger partial charge in [-0.2, -0.15) is 0 Å². The first-order valence-electron chi connectivity index (χ1n) is 7.28. The van der Waals surface area contributed by atoms with Crippen molar-refractivity contribution in [3.63, 3.8) is 0 Å². The number of nitrogens with one attached hydrogen (secondary N) is 1. The molecule has 0 bridgehead atoms. The Morgan fingerprint density at radius 3 is 2.75 bits per heavy atom. The van der Waals surface area contributed by atoms with Crippen LogP contribution in [0.2, 0.25) is 0 Å². The molecular formula is C16H25BrN2O. The van der Waals surface area contributed by atoms with E-state index in [4.69, 9.17) is 0 Å². The van der Waals surface area contributed by atoms with Crippen LogP contribution in [0.4, 0.5) is 5.69 Å². The van der Waals surface area contributed by atoms with E-state index in [9.17, 15) is 5.11 Å². The molecule has 20 heavy (non-hydrogen) atoms. The maximum absolute atomic E-state index is 9.32. The second kappa shape index (κ2) is 6.46. The van der Waals surface area contributed by atoms with Gasteiger partial charge in [-0.25, -0.2) is 0 Å². The molecule has 1 aromatic rings. The molecule has 2 N–H and O–H groups in total. The molecule has 4 heteroatoms. The van der Waals surface area contributed by atoms with Crippen LogP contribution in [-0.4, -0.2) is 30.3 Å². The van der Waals surface area contributed by atoms with E-state index in [1.54, 1.807) is 0 Å². The van der Waals surface area contributed by atoms with Crippen LogP contribution in [-0.2, 0) is 6.54 Å². The summed E-state index contributed by atoms with van der Waals surface area (Å²) in [4.78, 5) is 2.39. The van der Waals surface area contributed by atoms with E-state index in [2.05, 4.69) is 65.1 Å². The molecule has 1 heterocycles. The Labute approximate surface area is 130 Å². The van der Waals surface area contributed by atoms with Gasteiger partial charge in [0.05, 0.1) is 0 Å². The lowest BCUT2D eigenvalue weighted by molar-refractivity contribution is 0.238. The zero-order valence-corrected chi connectivity index (χ0v) is 14.2. The normalized spacial score (nSPS) is 19.6. The average molecular weight is 341 g/mol. The molecule has 1 unspecified atom stereocenters. The number of anilines is 1. The summed E-state index contributed by atoms with van der Waals surface area (Å²) in [5.74, 6) is 0.414. The molecule has 3 nitrogen and oxygen atoms in total. The lowest BCUT2D eigenvalue weighted by Gasteiger charge is -2.26. The van der Waals surface area contributed by atoms with Gasteiger partial charge in [-0.1, -0.05) is 22.0 Å². The van der Waals surface area contributed by atoms with E-state index in [1.165, 1.54) is 11.3 Å². The predicted octanol–water partition coefficient (Wildman–Crippen LogP) is 3.16. The summed E-state index contributed by atoms with van der Waals surface area (Å²) in [6.45, 7) is 9.70. The average Bonchev–Trinajstić information content (AvgIpc) is 2.84. The maximum Gasteiger partial charge on any atom is 0.0476 e. The van der Waals surface area contributed by atoms with Crippen molar-refractivity contribution >= 4 is 21.6 Å². The Morgan fingerprint density at radius 1 is 1.40 bits per heavy atom. The molecule has 1 saturated heterocycles. The third-order valence-electron chi connectivity index (χ3n) is 3.74. The Bertz CT molecular complexity index is 456. The molecule has 1 aliphatic rings. The van der Waals surface area contributed by atoms with E-state index in [-0.39, 0.29) is 5.54 Å². The van der Waals surface area contributed by atoms with Crippen molar-refractivity contribution in [2.24, 2.45) is 5.92 Å². The first kappa shape index (κ1) is 15.8. The Hall–Kier alpha value is -0.580. The highest BCUT2D eigenvalue weighted by atomic mass is 79.9. The number of rotatable bonds is 4. The van der Waals surface area contributed by atoms with E-state index in [1.807, 2.05) is 0 Å². The van der Waals surface area contributed by atoms with Gasteiger partial charge in [0.15, 0.2) is 0 Å². The van der Waals surface area contributed by atoms with E-state index >= 15 is 0 Å². The molecular weight excluding hydrogens is 316 g/mol. The highest BCUT2D eigenvalue weighted by molar-refractivity contribution is 9.10. The van der Waals surface area contributed by atoms with Crippen molar-refractivity contribution in [2.45, 2.75) is 39.3 Å². The number of benzene rings is 1. The number of hydrogen-bond acceptors (Lipinski definition) is 3. The van der Waals surface area contributed by atoms with Crippen molar-refractivity contribution in [1.29, 1.82) is 0 Å². The lowest BCUT2D eigenvalue weighted by atomic mass is 10.1. The summed E-state index contributed by atoms with van der Waals surface area (Å²) in [7, 11) is 0. The highest BCUT2D eigenvalue weighted by Crippen LogP contribution is 2.30. The van der Waals surface area contributed by atoms with Crippen LogP contribution in [0.15, 0.2) is 22.7 Å². The molecule has 1 aliphatic heterocycles. The summed E-state index contributed by atoms with van der Waals surface area (Å²) < 4.78 is 1.11. The number of aliphatic hydroxyl groups excluding tert-OH is 1. The van der Waals surface area contributed by atoms with Crippen molar-refractivity contribution < 1.29 is 5.11 Å². The van der Waals surface area contributed by atoms with Crippen LogP contribution in [0.3, 0.4) is 0 Å². The second-order valence-electron chi connectivity index (χ2n) is 6.66. The first-order valence-corrected chi connectivity index (χ1v) is 8.07. The van der Waals surface area contributed by atoms with Crippen molar-refractivity contribution in [2.75, 3.05) is 24.6 Å². The molecule has 112 valence electrons. The molecule has 0 aliphatic carbocycles. The minimum absolute atomic E-state index is 0.114. The van der Waals surface area contributed by atoms with E-state index < -0.39 is 0 Å². The van der Waals surface area contributed by atoms with Gasteiger partial charge in [0, 0.05) is 47.9 Å². The van der Waals surface area contributed by atoms with E-state index in [0.717, 1.165) is 30.5 Å². The van der Waals surface area contributed by atoms with Gasteiger partial charge in [-0.3, -0.25) is 0 Å². The monoisotopic (exact) mass is 340 g/mol. The van der Waals surface area contributed by atoms with Crippen molar-refractivity contribution in [3.8, 4) is 0 Å². The second-order valence-corrected chi connectivity index (χ2v) is 7.58. The third-order valence-corrected chi connectivity index (χ3v) is 4.23. The van der Waals surface area contributed by atoms with Crippen LogP contribution >= 0.6 is 15.9 Å². The number of aliphatic hydroxyl groups is 1. The number of hydrogen-bond donors (Lipinski definition) is 2. The molecule has 2 rings (SSSR count). The van der Waals surface area contributed by atoms with Crippen LogP contribution < -0.4 is 10.2 Å². The Balaban J connectivity index is 2.16. The smallest absolute Gasteiger partial charge is 0.0476 e. The minimum Gasteiger partial charge on any atom is -0.396 e. The van der Waals surface area contributed by atoms with Gasteiger partial charge in [0.1, 0.15) is 0 Å². The van der Waals surface area contributed by atoms with Crippen molar-refractivity contribution in [3.05, 3.63) is 28.2 Å². The van der Waals surface area contributed by atoms with Crippen LogP contribution in [0, 0.1) is 5.92 Å². The summed E-state index contributed by atoms with van der Waals surface area (Å²) in [6.07, 6.45) is 1.08. The van der Waals surface area contributed by atoms with Crippen molar-refractivity contribution in [1.82, 2.24) is 5.32 Å². The molecule has 0 aromatic heterocycles. The first-order chi connectivity index (χ1) is 9.39. The zero-order valence-electron chi connectivity index (χ0n) is 12.6.